The van der Waals surface area contributed by atoms with Crippen LogP contribution in [0.4, 0.5) is 0 Å². The predicted octanol–water partition coefficient (Wildman–Crippen LogP) is 7.72. The molecule has 3 rings (SSSR count). The van der Waals surface area contributed by atoms with Crippen LogP contribution < -0.4 is 9.47 Å². The van der Waals surface area contributed by atoms with E-state index < -0.39 is 6.10 Å². The van der Waals surface area contributed by atoms with Crippen LogP contribution in [0.1, 0.15) is 70.1 Å². The fourth-order valence-electron chi connectivity index (χ4n) is 3.68. The van der Waals surface area contributed by atoms with Crippen molar-refractivity contribution in [3.63, 3.8) is 0 Å². The molecule has 32 heavy (non-hydrogen) atoms. The van der Waals surface area contributed by atoms with Gasteiger partial charge in [-0.05, 0) is 73.2 Å². The highest BCUT2D eigenvalue weighted by Crippen LogP contribution is 2.25. The number of hydrogen-bond acceptors (Lipinski definition) is 3. The lowest BCUT2D eigenvalue weighted by Crippen LogP contribution is -2.11. The summed E-state index contributed by atoms with van der Waals surface area (Å²) in [6.45, 7) is 6.66. The molecule has 0 aliphatic heterocycles. The zero-order chi connectivity index (χ0) is 22.8. The maximum atomic E-state index is 9.60. The van der Waals surface area contributed by atoms with E-state index in [0.717, 1.165) is 29.0 Å². The average Bonchev–Trinajstić information content (AvgIpc) is 2.82. The van der Waals surface area contributed by atoms with Crippen LogP contribution in [-0.2, 0) is 6.61 Å². The second-order valence-electron chi connectivity index (χ2n) is 8.53. The molecule has 0 saturated heterocycles. The van der Waals surface area contributed by atoms with Gasteiger partial charge in [-0.3, -0.25) is 0 Å². The summed E-state index contributed by atoms with van der Waals surface area (Å²) >= 11 is 0. The molecular formula is C29H36O3. The number of hydrogen-bond donors (Lipinski definition) is 1. The van der Waals surface area contributed by atoms with Crippen molar-refractivity contribution >= 4 is 0 Å². The maximum absolute atomic E-state index is 9.60. The smallest absolute Gasteiger partial charge is 0.119 e. The molecule has 3 aromatic rings. The first-order chi connectivity index (χ1) is 15.5. The highest BCUT2D eigenvalue weighted by Gasteiger charge is 2.06. The van der Waals surface area contributed by atoms with Crippen LogP contribution >= 0.6 is 0 Å². The SMILES string of the molecule is CCCCCCC(C)Oc1ccc(-c2ccc(COc3ccc(C(C)O)cc3)cc2)cc1. The van der Waals surface area contributed by atoms with Gasteiger partial charge in [-0.25, -0.2) is 0 Å². The molecule has 0 aliphatic carbocycles. The lowest BCUT2D eigenvalue weighted by molar-refractivity contribution is 0.199. The van der Waals surface area contributed by atoms with E-state index in [-0.39, 0.29) is 6.10 Å². The Kier molecular flexibility index (Phi) is 9.18. The van der Waals surface area contributed by atoms with Gasteiger partial charge in [0.1, 0.15) is 18.1 Å². The molecule has 0 radical (unpaired) electrons. The fourth-order valence-corrected chi connectivity index (χ4v) is 3.68. The molecular weight excluding hydrogens is 396 g/mol. The second-order valence-corrected chi connectivity index (χ2v) is 8.53. The van der Waals surface area contributed by atoms with Gasteiger partial charge in [0, 0.05) is 0 Å². The van der Waals surface area contributed by atoms with Gasteiger partial charge in [-0.2, -0.15) is 0 Å². The molecule has 3 heteroatoms. The molecule has 0 saturated carbocycles. The Morgan fingerprint density at radius 2 is 1.31 bits per heavy atom. The van der Waals surface area contributed by atoms with Gasteiger partial charge in [0.05, 0.1) is 12.2 Å². The molecule has 2 unspecified atom stereocenters. The van der Waals surface area contributed by atoms with Crippen molar-refractivity contribution in [2.45, 2.75) is 71.7 Å². The minimum atomic E-state index is -0.462. The molecule has 3 aromatic carbocycles. The van der Waals surface area contributed by atoms with Crippen LogP contribution in [0.2, 0.25) is 0 Å². The Labute approximate surface area is 193 Å². The van der Waals surface area contributed by atoms with Gasteiger partial charge in [0.25, 0.3) is 0 Å². The van der Waals surface area contributed by atoms with E-state index in [1.165, 1.54) is 36.8 Å². The lowest BCUT2D eigenvalue weighted by atomic mass is 10.0. The zero-order valence-electron chi connectivity index (χ0n) is 19.6. The van der Waals surface area contributed by atoms with Crippen LogP contribution in [0.5, 0.6) is 11.5 Å². The highest BCUT2D eigenvalue weighted by atomic mass is 16.5. The normalized spacial score (nSPS) is 12.9. The Morgan fingerprint density at radius 3 is 1.91 bits per heavy atom. The molecule has 0 aliphatic rings. The third-order valence-electron chi connectivity index (χ3n) is 5.71. The predicted molar refractivity (Wildman–Crippen MR) is 132 cm³/mol. The van der Waals surface area contributed by atoms with Crippen LogP contribution in [0.3, 0.4) is 0 Å². The molecule has 2 atom stereocenters. The molecule has 1 N–H and O–H groups in total. The zero-order valence-corrected chi connectivity index (χ0v) is 19.6. The van der Waals surface area contributed by atoms with Gasteiger partial charge in [-0.1, -0.05) is 74.7 Å². The molecule has 0 bridgehead atoms. The summed E-state index contributed by atoms with van der Waals surface area (Å²) in [5.74, 6) is 1.73. The maximum Gasteiger partial charge on any atom is 0.119 e. The second kappa shape index (κ2) is 12.3. The van der Waals surface area contributed by atoms with Crippen LogP contribution in [0.15, 0.2) is 72.8 Å². The van der Waals surface area contributed by atoms with E-state index in [9.17, 15) is 5.11 Å². The van der Waals surface area contributed by atoms with Gasteiger partial charge in [0.2, 0.25) is 0 Å². The van der Waals surface area contributed by atoms with E-state index in [0.29, 0.717) is 6.61 Å². The summed E-state index contributed by atoms with van der Waals surface area (Å²) in [5, 5.41) is 9.60. The van der Waals surface area contributed by atoms with E-state index in [4.69, 9.17) is 9.47 Å². The topological polar surface area (TPSA) is 38.7 Å². The summed E-state index contributed by atoms with van der Waals surface area (Å²) in [7, 11) is 0. The van der Waals surface area contributed by atoms with Crippen molar-refractivity contribution in [3.8, 4) is 22.6 Å². The minimum Gasteiger partial charge on any atom is -0.491 e. The Morgan fingerprint density at radius 1 is 0.719 bits per heavy atom. The first kappa shape index (κ1) is 23.9. The number of aliphatic hydroxyl groups is 1. The first-order valence-electron chi connectivity index (χ1n) is 11.8. The van der Waals surface area contributed by atoms with E-state index >= 15 is 0 Å². The van der Waals surface area contributed by atoms with Crippen molar-refractivity contribution < 1.29 is 14.6 Å². The van der Waals surface area contributed by atoms with Crippen molar-refractivity contribution in [2.75, 3.05) is 0 Å². The number of benzene rings is 3. The minimum absolute atomic E-state index is 0.250. The van der Waals surface area contributed by atoms with E-state index in [2.05, 4.69) is 62.4 Å². The average molecular weight is 433 g/mol. The number of rotatable bonds is 12. The van der Waals surface area contributed by atoms with Crippen molar-refractivity contribution in [1.29, 1.82) is 0 Å². The summed E-state index contributed by atoms with van der Waals surface area (Å²) < 4.78 is 11.9. The van der Waals surface area contributed by atoms with Gasteiger partial charge < -0.3 is 14.6 Å². The molecule has 0 spiro atoms. The molecule has 0 aromatic heterocycles. The van der Waals surface area contributed by atoms with Gasteiger partial charge in [-0.15, -0.1) is 0 Å². The third-order valence-corrected chi connectivity index (χ3v) is 5.71. The van der Waals surface area contributed by atoms with Crippen molar-refractivity contribution in [2.24, 2.45) is 0 Å². The van der Waals surface area contributed by atoms with Crippen LogP contribution in [0.25, 0.3) is 11.1 Å². The summed E-state index contributed by atoms with van der Waals surface area (Å²) in [5.41, 5.74) is 4.35. The van der Waals surface area contributed by atoms with Crippen molar-refractivity contribution in [3.05, 3.63) is 83.9 Å². The quantitative estimate of drug-likeness (QED) is 0.298. The monoisotopic (exact) mass is 432 g/mol. The van der Waals surface area contributed by atoms with Crippen LogP contribution in [0, 0.1) is 0 Å². The van der Waals surface area contributed by atoms with Crippen LogP contribution in [-0.4, -0.2) is 11.2 Å². The third kappa shape index (κ3) is 7.42. The van der Waals surface area contributed by atoms with Gasteiger partial charge >= 0.3 is 0 Å². The van der Waals surface area contributed by atoms with E-state index in [1.807, 2.05) is 24.3 Å². The summed E-state index contributed by atoms with van der Waals surface area (Å²) in [4.78, 5) is 0. The van der Waals surface area contributed by atoms with Gasteiger partial charge in [0.15, 0.2) is 0 Å². The molecule has 0 amide bonds. The van der Waals surface area contributed by atoms with Crippen molar-refractivity contribution in [1.82, 2.24) is 0 Å². The summed E-state index contributed by atoms with van der Waals surface area (Å²) in [6, 6.07) is 24.4. The Hall–Kier alpha value is -2.78. The molecule has 0 fully saturated rings. The standard InChI is InChI=1S/C29H36O3/c1-4-5-6-7-8-22(2)32-29-19-15-27(16-20-29)26-11-9-24(10-12-26)21-31-28-17-13-25(14-18-28)23(3)30/h9-20,22-23,30H,4-8,21H2,1-3H3. The largest absolute Gasteiger partial charge is 0.491 e. The highest BCUT2D eigenvalue weighted by molar-refractivity contribution is 5.64. The first-order valence-corrected chi connectivity index (χ1v) is 11.8. The van der Waals surface area contributed by atoms with E-state index in [1.54, 1.807) is 6.92 Å². The molecule has 170 valence electrons. The molecule has 3 nitrogen and oxygen atoms in total. The number of aliphatic hydroxyl groups excluding tert-OH is 1. The lowest BCUT2D eigenvalue weighted by Gasteiger charge is -2.15. The summed E-state index contributed by atoms with van der Waals surface area (Å²) in [6.07, 6.45) is 6.00. The number of unbranched alkanes of at least 4 members (excludes halogenated alkanes) is 3. The number of ether oxygens (including phenoxy) is 2. The fraction of sp³-hybridized carbons (Fsp3) is 0.379. The Balaban J connectivity index is 1.49. The Bertz CT molecular complexity index is 912. The molecule has 0 heterocycles.